The lowest BCUT2D eigenvalue weighted by Crippen LogP contribution is -2.55. The van der Waals surface area contributed by atoms with Gasteiger partial charge in [0.1, 0.15) is 12.1 Å². The molecule has 0 heterocycles. The van der Waals surface area contributed by atoms with Crippen LogP contribution in [-0.4, -0.2) is 46.8 Å². The summed E-state index contributed by atoms with van der Waals surface area (Å²) in [6.45, 7) is 3.74. The van der Waals surface area contributed by atoms with Crippen LogP contribution in [0.2, 0.25) is 0 Å². The van der Waals surface area contributed by atoms with Gasteiger partial charge in [0.15, 0.2) is 0 Å². The number of nitrogens with one attached hydrogen (secondary N) is 2. The number of carbonyl (C=O) groups excluding carboxylic acids is 2. The number of thiol groups is 1. The number of carboxylic acids is 1. The van der Waals surface area contributed by atoms with Gasteiger partial charge >= 0.3 is 5.97 Å². The van der Waals surface area contributed by atoms with Crippen LogP contribution in [0.25, 0.3) is 0 Å². The molecule has 26 heavy (non-hydrogen) atoms. The second kappa shape index (κ2) is 10.8. The van der Waals surface area contributed by atoms with Gasteiger partial charge in [0.25, 0.3) is 0 Å². The minimum absolute atomic E-state index is 0.0937. The van der Waals surface area contributed by atoms with Gasteiger partial charge in [0, 0.05) is 12.2 Å². The lowest BCUT2D eigenvalue weighted by Gasteiger charge is -2.23. The molecule has 0 saturated heterocycles. The quantitative estimate of drug-likeness (QED) is 0.380. The lowest BCUT2D eigenvalue weighted by atomic mass is 10.0. The molecule has 0 radical (unpaired) electrons. The van der Waals surface area contributed by atoms with Crippen LogP contribution in [0.1, 0.15) is 25.8 Å². The number of rotatable bonds is 10. The number of amides is 2. The summed E-state index contributed by atoms with van der Waals surface area (Å²) in [5, 5.41) is 14.4. The predicted octanol–water partition coefficient (Wildman–Crippen LogP) is 0.587. The van der Waals surface area contributed by atoms with Crippen LogP contribution in [0, 0.1) is 5.92 Å². The van der Waals surface area contributed by atoms with E-state index >= 15 is 0 Å². The van der Waals surface area contributed by atoms with Crippen molar-refractivity contribution in [3.63, 3.8) is 0 Å². The molecule has 0 aliphatic heterocycles. The summed E-state index contributed by atoms with van der Waals surface area (Å²) in [5.74, 6) is -1.94. The molecule has 1 rings (SSSR count). The molecule has 2 amide bonds. The Morgan fingerprint density at radius 3 is 2.15 bits per heavy atom. The molecule has 0 aliphatic rings. The summed E-state index contributed by atoms with van der Waals surface area (Å²) in [7, 11) is 0. The van der Waals surface area contributed by atoms with Gasteiger partial charge in [-0.1, -0.05) is 44.2 Å². The van der Waals surface area contributed by atoms with Crippen molar-refractivity contribution in [3.05, 3.63) is 35.9 Å². The number of hydrogen-bond acceptors (Lipinski definition) is 5. The zero-order chi connectivity index (χ0) is 19.7. The molecule has 0 fully saturated rings. The summed E-state index contributed by atoms with van der Waals surface area (Å²) in [4.78, 5) is 36.1. The van der Waals surface area contributed by atoms with Gasteiger partial charge in [-0.25, -0.2) is 4.79 Å². The summed E-state index contributed by atoms with van der Waals surface area (Å²) in [6.07, 6.45) is 0.523. The fourth-order valence-electron chi connectivity index (χ4n) is 2.39. The summed E-state index contributed by atoms with van der Waals surface area (Å²) in [5.41, 5.74) is 6.50. The first-order valence-electron chi connectivity index (χ1n) is 8.48. The van der Waals surface area contributed by atoms with Crippen LogP contribution in [0.4, 0.5) is 0 Å². The summed E-state index contributed by atoms with van der Waals surface area (Å²) < 4.78 is 0. The van der Waals surface area contributed by atoms with Gasteiger partial charge < -0.3 is 21.5 Å². The standard InChI is InChI=1S/C18H27N3O4S/c1-11(2)8-15(18(24)25)21-17(23)14(20-16(22)13(19)10-26)9-12-6-4-3-5-7-12/h3-7,11,13-15,26H,8-10,19H2,1-2H3,(H,20,22)(H,21,23)(H,24,25)/t13-,14-,15-/m0/s1. The van der Waals surface area contributed by atoms with Crippen molar-refractivity contribution in [2.45, 2.75) is 44.8 Å². The molecule has 144 valence electrons. The van der Waals surface area contributed by atoms with E-state index in [0.29, 0.717) is 6.42 Å². The van der Waals surface area contributed by atoms with Crippen molar-refractivity contribution >= 4 is 30.4 Å². The average molecular weight is 381 g/mol. The number of benzene rings is 1. The Bertz CT molecular complexity index is 610. The van der Waals surface area contributed by atoms with Crippen molar-refractivity contribution in [1.29, 1.82) is 0 Å². The molecular weight excluding hydrogens is 354 g/mol. The highest BCUT2D eigenvalue weighted by Crippen LogP contribution is 2.08. The van der Waals surface area contributed by atoms with E-state index in [1.807, 2.05) is 44.2 Å². The molecule has 5 N–H and O–H groups in total. The number of nitrogens with two attached hydrogens (primary N) is 1. The molecular formula is C18H27N3O4S. The Hall–Kier alpha value is -2.06. The summed E-state index contributed by atoms with van der Waals surface area (Å²) in [6, 6.07) is 6.35. The second-order valence-electron chi connectivity index (χ2n) is 6.57. The van der Waals surface area contributed by atoms with E-state index in [9.17, 15) is 19.5 Å². The van der Waals surface area contributed by atoms with Crippen LogP contribution in [-0.2, 0) is 20.8 Å². The zero-order valence-electron chi connectivity index (χ0n) is 15.0. The van der Waals surface area contributed by atoms with E-state index in [4.69, 9.17) is 5.73 Å². The molecule has 1 aromatic carbocycles. The highest BCUT2D eigenvalue weighted by Gasteiger charge is 2.28. The third kappa shape index (κ3) is 7.45. The first-order chi connectivity index (χ1) is 12.2. The molecule has 0 spiro atoms. The van der Waals surface area contributed by atoms with Crippen LogP contribution in [0.3, 0.4) is 0 Å². The third-order valence-electron chi connectivity index (χ3n) is 3.77. The fraction of sp³-hybridized carbons (Fsp3) is 0.500. The van der Waals surface area contributed by atoms with Crippen molar-refractivity contribution in [3.8, 4) is 0 Å². The van der Waals surface area contributed by atoms with Crippen molar-refractivity contribution < 1.29 is 19.5 Å². The Morgan fingerprint density at radius 1 is 1.08 bits per heavy atom. The molecule has 0 bridgehead atoms. The second-order valence-corrected chi connectivity index (χ2v) is 6.93. The highest BCUT2D eigenvalue weighted by atomic mass is 32.1. The van der Waals surface area contributed by atoms with E-state index < -0.39 is 35.9 Å². The SMILES string of the molecule is CC(C)C[C@H](NC(=O)[C@H](Cc1ccccc1)NC(=O)[C@@H](N)CS)C(=O)O. The number of carbonyl (C=O) groups is 3. The van der Waals surface area contributed by atoms with Crippen molar-refractivity contribution in [1.82, 2.24) is 10.6 Å². The van der Waals surface area contributed by atoms with E-state index in [2.05, 4.69) is 23.3 Å². The number of aliphatic carboxylic acids is 1. The first-order valence-corrected chi connectivity index (χ1v) is 9.11. The monoisotopic (exact) mass is 381 g/mol. The predicted molar refractivity (Wildman–Crippen MR) is 103 cm³/mol. The van der Waals surface area contributed by atoms with Gasteiger partial charge in [-0.15, -0.1) is 0 Å². The van der Waals surface area contributed by atoms with Gasteiger partial charge in [-0.05, 0) is 17.9 Å². The maximum absolute atomic E-state index is 12.6. The number of hydrogen-bond donors (Lipinski definition) is 5. The van der Waals surface area contributed by atoms with Gasteiger partial charge in [0.05, 0.1) is 6.04 Å². The molecule has 0 aliphatic carbocycles. The van der Waals surface area contributed by atoms with E-state index in [1.54, 1.807) is 0 Å². The molecule has 1 aromatic rings. The molecule has 0 aromatic heterocycles. The maximum Gasteiger partial charge on any atom is 0.326 e. The van der Waals surface area contributed by atoms with Gasteiger partial charge in [-0.2, -0.15) is 12.6 Å². The summed E-state index contributed by atoms with van der Waals surface area (Å²) >= 11 is 3.98. The normalized spacial score (nSPS) is 14.3. The smallest absolute Gasteiger partial charge is 0.326 e. The van der Waals surface area contributed by atoms with Crippen molar-refractivity contribution in [2.24, 2.45) is 11.7 Å². The van der Waals surface area contributed by atoms with E-state index in [1.165, 1.54) is 0 Å². The minimum Gasteiger partial charge on any atom is -0.480 e. The number of carboxylic acid groups (broad SMARTS) is 1. The Kier molecular flexibility index (Phi) is 9.15. The Labute approximate surface area is 159 Å². The van der Waals surface area contributed by atoms with Gasteiger partial charge in [-0.3, -0.25) is 9.59 Å². The fourth-order valence-corrected chi connectivity index (χ4v) is 2.55. The Morgan fingerprint density at radius 2 is 1.65 bits per heavy atom. The molecule has 7 nitrogen and oxygen atoms in total. The molecule has 3 atom stereocenters. The molecule has 0 saturated carbocycles. The highest BCUT2D eigenvalue weighted by molar-refractivity contribution is 7.80. The minimum atomic E-state index is -1.11. The lowest BCUT2D eigenvalue weighted by molar-refractivity contribution is -0.142. The zero-order valence-corrected chi connectivity index (χ0v) is 15.9. The van der Waals surface area contributed by atoms with Crippen LogP contribution < -0.4 is 16.4 Å². The average Bonchev–Trinajstić information content (AvgIpc) is 2.60. The van der Waals surface area contributed by atoms with E-state index in [-0.39, 0.29) is 18.1 Å². The van der Waals surface area contributed by atoms with Crippen LogP contribution >= 0.6 is 12.6 Å². The van der Waals surface area contributed by atoms with E-state index in [0.717, 1.165) is 5.56 Å². The topological polar surface area (TPSA) is 122 Å². The molecule has 8 heteroatoms. The van der Waals surface area contributed by atoms with Crippen molar-refractivity contribution in [2.75, 3.05) is 5.75 Å². The van der Waals surface area contributed by atoms with Gasteiger partial charge in [0.2, 0.25) is 11.8 Å². The third-order valence-corrected chi connectivity index (χ3v) is 4.16. The first kappa shape index (κ1) is 22.0. The largest absolute Gasteiger partial charge is 0.480 e. The van der Waals surface area contributed by atoms with Crippen LogP contribution in [0.15, 0.2) is 30.3 Å². The molecule has 0 unspecified atom stereocenters. The maximum atomic E-state index is 12.6. The van der Waals surface area contributed by atoms with Crippen LogP contribution in [0.5, 0.6) is 0 Å². The Balaban J connectivity index is 2.92.